The number of alkyl halides is 4. The van der Waals surface area contributed by atoms with Crippen LogP contribution in [0.2, 0.25) is 15.1 Å². The zero-order chi connectivity index (χ0) is 25.2. The lowest BCUT2D eigenvalue weighted by atomic mass is 9.72. The second kappa shape index (κ2) is 8.53. The molecule has 0 radical (unpaired) electrons. The maximum atomic E-state index is 15.3. The van der Waals surface area contributed by atoms with Crippen molar-refractivity contribution in [1.29, 1.82) is 0 Å². The first-order chi connectivity index (χ1) is 16.4. The summed E-state index contributed by atoms with van der Waals surface area (Å²) in [6.45, 7) is 0. The first kappa shape index (κ1) is 24.7. The van der Waals surface area contributed by atoms with E-state index in [4.69, 9.17) is 39.6 Å². The van der Waals surface area contributed by atoms with Gasteiger partial charge in [-0.05, 0) is 36.1 Å². The van der Waals surface area contributed by atoms with E-state index in [1.807, 2.05) is 0 Å². The van der Waals surface area contributed by atoms with E-state index in [0.717, 1.165) is 25.0 Å². The molecule has 11 heteroatoms. The highest BCUT2D eigenvalue weighted by atomic mass is 35.5. The predicted molar refractivity (Wildman–Crippen MR) is 125 cm³/mol. The number of nitrogens with one attached hydrogen (secondary N) is 1. The van der Waals surface area contributed by atoms with Crippen molar-refractivity contribution >= 4 is 46.4 Å². The average molecular weight is 550 g/mol. The summed E-state index contributed by atoms with van der Waals surface area (Å²) < 4.78 is 57.9. The molecule has 2 fully saturated rings. The molecule has 1 N–H and O–H groups in total. The fourth-order valence-corrected chi connectivity index (χ4v) is 5.13. The Kier molecular flexibility index (Phi) is 6.01. The maximum Gasteiger partial charge on any atom is 0.435 e. The molecule has 0 saturated heterocycles. The van der Waals surface area contributed by atoms with Crippen LogP contribution in [-0.2, 0) is 20.9 Å². The number of oxime groups is 1. The number of carbonyl (C=O) groups excluding carboxylic acids is 1. The average Bonchev–Trinajstić information content (AvgIpc) is 3.53. The van der Waals surface area contributed by atoms with Crippen LogP contribution in [-0.4, -0.2) is 23.8 Å². The van der Waals surface area contributed by atoms with Crippen molar-refractivity contribution in [2.24, 2.45) is 11.1 Å². The quantitative estimate of drug-likeness (QED) is 0.320. The van der Waals surface area contributed by atoms with Crippen molar-refractivity contribution in [3.63, 3.8) is 0 Å². The second-order valence-corrected chi connectivity index (χ2v) is 10.5. The molecule has 1 unspecified atom stereocenters. The van der Waals surface area contributed by atoms with Crippen LogP contribution in [0, 0.1) is 5.92 Å². The highest BCUT2D eigenvalue weighted by Crippen LogP contribution is 2.51. The maximum absolute atomic E-state index is 15.3. The third kappa shape index (κ3) is 4.38. The Morgan fingerprint density at radius 3 is 2.17 bits per heavy atom. The van der Waals surface area contributed by atoms with Gasteiger partial charge in [0.25, 0.3) is 5.60 Å². The number of nitrogens with zero attached hydrogens (tertiary/aromatic N) is 1. The van der Waals surface area contributed by atoms with Crippen LogP contribution in [0.25, 0.3) is 0 Å². The molecule has 1 amide bonds. The molecule has 1 heterocycles. The monoisotopic (exact) mass is 548 g/mol. The predicted octanol–water partition coefficient (Wildman–Crippen LogP) is 7.08. The Labute approximate surface area is 213 Å². The van der Waals surface area contributed by atoms with E-state index in [-0.39, 0.29) is 57.1 Å². The molecular formula is C24H19Cl3F4N2O2. The molecule has 4 nitrogen and oxygen atoms in total. The van der Waals surface area contributed by atoms with Crippen LogP contribution in [0.3, 0.4) is 0 Å². The molecule has 0 aromatic heterocycles. The van der Waals surface area contributed by atoms with Crippen molar-refractivity contribution in [3.05, 3.63) is 68.2 Å². The third-order valence-electron chi connectivity index (χ3n) is 6.81. The Bertz CT molecular complexity index is 1190. The van der Waals surface area contributed by atoms with Crippen LogP contribution in [0.1, 0.15) is 48.8 Å². The van der Waals surface area contributed by atoms with Gasteiger partial charge in [-0.25, -0.2) is 4.39 Å². The summed E-state index contributed by atoms with van der Waals surface area (Å²) in [5.74, 6) is 0.0325. The van der Waals surface area contributed by atoms with Crippen molar-refractivity contribution in [3.8, 4) is 0 Å². The van der Waals surface area contributed by atoms with Crippen LogP contribution < -0.4 is 5.32 Å². The number of benzene rings is 2. The SMILES string of the molecule is O=C(NC1CC(F)(c2ccc(C3=NOC(c4cc(Cl)c(Cl)c(Cl)c4)(C(F)(F)F)C3)cc2)C1)C1CC1. The van der Waals surface area contributed by atoms with E-state index in [9.17, 15) is 18.0 Å². The summed E-state index contributed by atoms with van der Waals surface area (Å²) in [6.07, 6.45) is -3.40. The van der Waals surface area contributed by atoms with Crippen molar-refractivity contribution in [1.82, 2.24) is 5.32 Å². The Morgan fingerprint density at radius 1 is 1.03 bits per heavy atom. The molecule has 0 bridgehead atoms. The first-order valence-electron chi connectivity index (χ1n) is 11.0. The summed E-state index contributed by atoms with van der Waals surface area (Å²) >= 11 is 17.8. The van der Waals surface area contributed by atoms with Gasteiger partial charge in [0, 0.05) is 36.8 Å². The number of carbonyl (C=O) groups is 1. The first-order valence-corrected chi connectivity index (χ1v) is 12.1. The van der Waals surface area contributed by atoms with Gasteiger partial charge in [-0.15, -0.1) is 0 Å². The van der Waals surface area contributed by atoms with Crippen molar-refractivity contribution < 1.29 is 27.2 Å². The second-order valence-electron chi connectivity index (χ2n) is 9.32. The van der Waals surface area contributed by atoms with Gasteiger partial charge >= 0.3 is 6.18 Å². The fraction of sp³-hybridized carbons (Fsp3) is 0.417. The summed E-state index contributed by atoms with van der Waals surface area (Å²) in [5, 5.41) is 6.24. The van der Waals surface area contributed by atoms with Crippen LogP contribution >= 0.6 is 34.8 Å². The normalized spacial score (nSPS) is 28.2. The molecular weight excluding hydrogens is 531 g/mol. The number of rotatable bonds is 5. The molecule has 35 heavy (non-hydrogen) atoms. The zero-order valence-electron chi connectivity index (χ0n) is 18.1. The molecule has 3 aliphatic rings. The van der Waals surface area contributed by atoms with Gasteiger partial charge < -0.3 is 10.2 Å². The van der Waals surface area contributed by atoms with Crippen LogP contribution in [0.15, 0.2) is 41.6 Å². The van der Waals surface area contributed by atoms with Gasteiger partial charge in [0.1, 0.15) is 5.67 Å². The molecule has 1 atom stereocenters. The van der Waals surface area contributed by atoms with E-state index < -0.39 is 23.9 Å². The molecule has 186 valence electrons. The molecule has 2 aromatic rings. The van der Waals surface area contributed by atoms with Crippen molar-refractivity contribution in [2.45, 2.75) is 55.6 Å². The van der Waals surface area contributed by atoms with Gasteiger partial charge in [-0.3, -0.25) is 4.79 Å². The highest BCUT2D eigenvalue weighted by molar-refractivity contribution is 6.48. The molecule has 1 aliphatic heterocycles. The summed E-state index contributed by atoms with van der Waals surface area (Å²) in [5.41, 5.74) is -3.89. The number of amides is 1. The molecule has 5 rings (SSSR count). The van der Waals surface area contributed by atoms with Crippen LogP contribution in [0.4, 0.5) is 17.6 Å². The molecule has 0 spiro atoms. The summed E-state index contributed by atoms with van der Waals surface area (Å²) in [6, 6.07) is 8.00. The van der Waals surface area contributed by atoms with E-state index in [2.05, 4.69) is 10.5 Å². The zero-order valence-corrected chi connectivity index (χ0v) is 20.3. The van der Waals surface area contributed by atoms with Crippen molar-refractivity contribution in [2.75, 3.05) is 0 Å². The van der Waals surface area contributed by atoms with Gasteiger partial charge in [-0.1, -0.05) is 64.2 Å². The number of halogens is 7. The van der Waals surface area contributed by atoms with E-state index in [1.165, 1.54) is 24.3 Å². The smallest absolute Gasteiger partial charge is 0.374 e. The number of hydrogen-bond acceptors (Lipinski definition) is 3. The lowest BCUT2D eigenvalue weighted by Gasteiger charge is -2.42. The molecule has 2 aliphatic carbocycles. The standard InChI is InChI=1S/C24H19Cl3F4N2O2/c25-17-7-15(8-18(26)20(17)27)23(24(29,30)31)11-19(33-35-23)12-3-5-14(6-4-12)22(28)9-16(10-22)32-21(34)13-1-2-13/h3-8,13,16H,1-2,9-11H2,(H,32,34). The Morgan fingerprint density at radius 2 is 1.63 bits per heavy atom. The number of hydrogen-bond donors (Lipinski definition) is 1. The summed E-state index contributed by atoms with van der Waals surface area (Å²) in [7, 11) is 0. The van der Waals surface area contributed by atoms with Gasteiger partial charge in [0.05, 0.1) is 20.8 Å². The minimum atomic E-state index is -4.84. The molecule has 2 aromatic carbocycles. The van der Waals surface area contributed by atoms with E-state index in [0.29, 0.717) is 11.1 Å². The van der Waals surface area contributed by atoms with E-state index in [1.54, 1.807) is 0 Å². The highest BCUT2D eigenvalue weighted by Gasteiger charge is 2.62. The topological polar surface area (TPSA) is 50.7 Å². The largest absolute Gasteiger partial charge is 0.435 e. The summed E-state index contributed by atoms with van der Waals surface area (Å²) in [4.78, 5) is 16.9. The Hall–Kier alpha value is -2.03. The minimum Gasteiger partial charge on any atom is -0.374 e. The Balaban J connectivity index is 1.32. The van der Waals surface area contributed by atoms with Gasteiger partial charge in [0.15, 0.2) is 0 Å². The van der Waals surface area contributed by atoms with Gasteiger partial charge in [-0.2, -0.15) is 13.2 Å². The van der Waals surface area contributed by atoms with Crippen LogP contribution in [0.5, 0.6) is 0 Å². The lowest BCUT2D eigenvalue weighted by Crippen LogP contribution is -2.51. The van der Waals surface area contributed by atoms with E-state index >= 15 is 4.39 Å². The molecule has 2 saturated carbocycles. The lowest BCUT2D eigenvalue weighted by molar-refractivity contribution is -0.275. The van der Waals surface area contributed by atoms with Gasteiger partial charge in [0.2, 0.25) is 5.91 Å². The third-order valence-corrected chi connectivity index (χ3v) is 8.00. The fourth-order valence-electron chi connectivity index (χ4n) is 4.53. The minimum absolute atomic E-state index is 0.0250.